The molecule has 2 rings (SSSR count). The number of amides is 2. The summed E-state index contributed by atoms with van der Waals surface area (Å²) in [4.78, 5) is 11.8. The van der Waals surface area contributed by atoms with Crippen LogP contribution in [0, 0.1) is 13.8 Å². The van der Waals surface area contributed by atoms with Crippen LogP contribution in [0.3, 0.4) is 0 Å². The molecule has 136 valence electrons. The number of anilines is 1. The van der Waals surface area contributed by atoms with Crippen molar-refractivity contribution in [1.82, 2.24) is 19.4 Å². The van der Waals surface area contributed by atoms with Crippen LogP contribution >= 0.6 is 0 Å². The maximum Gasteiger partial charge on any atom is 0.319 e. The van der Waals surface area contributed by atoms with Gasteiger partial charge in [-0.1, -0.05) is 0 Å². The topological polar surface area (TPSA) is 96.3 Å². The van der Waals surface area contributed by atoms with Gasteiger partial charge >= 0.3 is 6.03 Å². The molecule has 8 nitrogen and oxygen atoms in total. The van der Waals surface area contributed by atoms with E-state index >= 15 is 0 Å². The molecule has 0 aliphatic rings. The molecular formula is C16H23N5O3S. The third-order valence-electron chi connectivity index (χ3n) is 3.58. The molecule has 1 aromatic heterocycles. The van der Waals surface area contributed by atoms with Gasteiger partial charge in [-0.15, -0.1) is 0 Å². The third kappa shape index (κ3) is 5.04. The zero-order valence-electron chi connectivity index (χ0n) is 14.8. The molecule has 25 heavy (non-hydrogen) atoms. The zero-order chi connectivity index (χ0) is 18.6. The molecule has 2 amide bonds. The number of nitrogens with zero attached hydrogens (tertiary/aromatic N) is 3. The standard InChI is InChI=1S/C16H23N5O3S/c1-12-11-13(2)21(19-12)15-7-5-14(6-8-15)18-16(22)17-9-10-25(23,24)20(3)4/h5-8,11H,9-10H2,1-4H3,(H2,17,18,22). The van der Waals surface area contributed by atoms with Crippen molar-refractivity contribution < 1.29 is 13.2 Å². The molecule has 0 bridgehead atoms. The van der Waals surface area contributed by atoms with E-state index in [9.17, 15) is 13.2 Å². The minimum Gasteiger partial charge on any atom is -0.337 e. The van der Waals surface area contributed by atoms with Gasteiger partial charge in [0.1, 0.15) is 0 Å². The number of aryl methyl sites for hydroxylation is 2. The summed E-state index contributed by atoms with van der Waals surface area (Å²) in [6.07, 6.45) is 0. The number of sulfonamides is 1. The Morgan fingerprint density at radius 3 is 2.36 bits per heavy atom. The molecule has 0 aliphatic carbocycles. The van der Waals surface area contributed by atoms with Crippen LogP contribution in [0.4, 0.5) is 10.5 Å². The van der Waals surface area contributed by atoms with Crippen molar-refractivity contribution >= 4 is 21.7 Å². The van der Waals surface area contributed by atoms with Crippen molar-refractivity contribution in [1.29, 1.82) is 0 Å². The molecule has 0 atom stereocenters. The van der Waals surface area contributed by atoms with Crippen LogP contribution < -0.4 is 10.6 Å². The Labute approximate surface area is 147 Å². The maximum absolute atomic E-state index is 11.8. The Hall–Kier alpha value is -2.39. The fourth-order valence-corrected chi connectivity index (χ4v) is 2.95. The smallest absolute Gasteiger partial charge is 0.319 e. The molecular weight excluding hydrogens is 342 g/mol. The molecule has 0 fully saturated rings. The van der Waals surface area contributed by atoms with Crippen LogP contribution in [0.5, 0.6) is 0 Å². The fraction of sp³-hybridized carbons (Fsp3) is 0.375. The van der Waals surface area contributed by atoms with E-state index in [-0.39, 0.29) is 12.3 Å². The maximum atomic E-state index is 11.8. The molecule has 1 heterocycles. The van der Waals surface area contributed by atoms with E-state index < -0.39 is 16.1 Å². The first-order valence-electron chi connectivity index (χ1n) is 7.78. The molecule has 0 unspecified atom stereocenters. The summed E-state index contributed by atoms with van der Waals surface area (Å²) in [7, 11) is -0.408. The lowest BCUT2D eigenvalue weighted by Gasteiger charge is -2.12. The van der Waals surface area contributed by atoms with Crippen molar-refractivity contribution in [3.63, 3.8) is 0 Å². The highest BCUT2D eigenvalue weighted by Crippen LogP contribution is 2.15. The van der Waals surface area contributed by atoms with E-state index in [2.05, 4.69) is 15.7 Å². The van der Waals surface area contributed by atoms with E-state index in [1.54, 1.807) is 12.1 Å². The van der Waals surface area contributed by atoms with Gasteiger partial charge in [0.2, 0.25) is 10.0 Å². The number of carbonyl (C=O) groups is 1. The van der Waals surface area contributed by atoms with Gasteiger partial charge in [-0.25, -0.2) is 22.2 Å². The van der Waals surface area contributed by atoms with Gasteiger partial charge in [0, 0.05) is 32.0 Å². The first-order valence-corrected chi connectivity index (χ1v) is 9.39. The molecule has 0 saturated heterocycles. The van der Waals surface area contributed by atoms with Crippen LogP contribution in [-0.4, -0.2) is 54.9 Å². The zero-order valence-corrected chi connectivity index (χ0v) is 15.6. The molecule has 2 aromatic rings. The molecule has 9 heteroatoms. The average molecular weight is 365 g/mol. The van der Waals surface area contributed by atoms with Crippen LogP contribution in [0.1, 0.15) is 11.4 Å². The largest absolute Gasteiger partial charge is 0.337 e. The Balaban J connectivity index is 1.91. The van der Waals surface area contributed by atoms with E-state index in [1.807, 2.05) is 36.7 Å². The van der Waals surface area contributed by atoms with Crippen molar-refractivity contribution in [2.45, 2.75) is 13.8 Å². The average Bonchev–Trinajstić information content (AvgIpc) is 2.86. The monoisotopic (exact) mass is 365 g/mol. The van der Waals surface area contributed by atoms with E-state index in [4.69, 9.17) is 0 Å². The second-order valence-corrected chi connectivity index (χ2v) is 8.17. The van der Waals surface area contributed by atoms with E-state index in [0.29, 0.717) is 5.69 Å². The second kappa shape index (κ2) is 7.66. The summed E-state index contributed by atoms with van der Waals surface area (Å²) in [5.74, 6) is -0.149. The van der Waals surface area contributed by atoms with Gasteiger partial charge in [0.25, 0.3) is 0 Å². The van der Waals surface area contributed by atoms with Crippen LogP contribution in [0.2, 0.25) is 0 Å². The Morgan fingerprint density at radius 1 is 1.20 bits per heavy atom. The van der Waals surface area contributed by atoms with Crippen LogP contribution in [0.15, 0.2) is 30.3 Å². The lowest BCUT2D eigenvalue weighted by molar-refractivity contribution is 0.252. The number of benzene rings is 1. The minimum absolute atomic E-state index is 0.0379. The Morgan fingerprint density at radius 2 is 1.84 bits per heavy atom. The van der Waals surface area contributed by atoms with Crippen molar-refractivity contribution in [3.05, 3.63) is 41.7 Å². The predicted molar refractivity (Wildman–Crippen MR) is 97.5 cm³/mol. The molecule has 2 N–H and O–H groups in total. The van der Waals surface area contributed by atoms with Crippen molar-refractivity contribution in [3.8, 4) is 5.69 Å². The Bertz CT molecular complexity index is 841. The minimum atomic E-state index is -3.32. The third-order valence-corrected chi connectivity index (χ3v) is 5.41. The summed E-state index contributed by atoms with van der Waals surface area (Å²) in [5.41, 5.74) is 3.47. The van der Waals surface area contributed by atoms with Crippen molar-refractivity contribution in [2.24, 2.45) is 0 Å². The van der Waals surface area contributed by atoms with Gasteiger partial charge in [-0.3, -0.25) is 0 Å². The summed E-state index contributed by atoms with van der Waals surface area (Å²) in [6, 6.07) is 8.77. The predicted octanol–water partition coefficient (Wildman–Crippen LogP) is 1.50. The highest BCUT2D eigenvalue weighted by atomic mass is 32.2. The molecule has 0 spiro atoms. The fourth-order valence-electron chi connectivity index (χ4n) is 2.23. The number of urea groups is 1. The highest BCUT2D eigenvalue weighted by Gasteiger charge is 2.13. The number of nitrogens with one attached hydrogen (secondary N) is 2. The van der Waals surface area contributed by atoms with Crippen molar-refractivity contribution in [2.75, 3.05) is 31.7 Å². The lowest BCUT2D eigenvalue weighted by Crippen LogP contribution is -2.36. The molecule has 0 saturated carbocycles. The number of carbonyl (C=O) groups excluding carboxylic acids is 1. The van der Waals surface area contributed by atoms with Gasteiger partial charge in [0.05, 0.1) is 17.1 Å². The quantitative estimate of drug-likeness (QED) is 0.811. The number of rotatable bonds is 6. The summed E-state index contributed by atoms with van der Waals surface area (Å²) in [5, 5.41) is 9.60. The number of aromatic nitrogens is 2. The molecule has 1 aromatic carbocycles. The first-order chi connectivity index (χ1) is 11.7. The van der Waals surface area contributed by atoms with Gasteiger partial charge in [-0.2, -0.15) is 5.10 Å². The Kier molecular flexibility index (Phi) is 5.81. The lowest BCUT2D eigenvalue weighted by atomic mass is 10.2. The first kappa shape index (κ1) is 18.9. The SMILES string of the molecule is Cc1cc(C)n(-c2ccc(NC(=O)NCCS(=O)(=O)N(C)C)cc2)n1. The summed E-state index contributed by atoms with van der Waals surface area (Å²) < 4.78 is 26.2. The van der Waals surface area contributed by atoms with Crippen LogP contribution in [0.25, 0.3) is 5.69 Å². The van der Waals surface area contributed by atoms with E-state index in [0.717, 1.165) is 21.4 Å². The number of hydrogen-bond acceptors (Lipinski definition) is 4. The molecule has 0 aliphatic heterocycles. The highest BCUT2D eigenvalue weighted by molar-refractivity contribution is 7.89. The van der Waals surface area contributed by atoms with Gasteiger partial charge < -0.3 is 10.6 Å². The van der Waals surface area contributed by atoms with Gasteiger partial charge in [0.15, 0.2) is 0 Å². The van der Waals surface area contributed by atoms with Crippen LogP contribution in [-0.2, 0) is 10.0 Å². The van der Waals surface area contributed by atoms with Gasteiger partial charge in [-0.05, 0) is 44.2 Å². The molecule has 0 radical (unpaired) electrons. The number of hydrogen-bond donors (Lipinski definition) is 2. The summed E-state index contributed by atoms with van der Waals surface area (Å²) in [6.45, 7) is 3.94. The summed E-state index contributed by atoms with van der Waals surface area (Å²) >= 11 is 0. The normalized spacial score (nSPS) is 11.6. The second-order valence-electron chi connectivity index (χ2n) is 5.87. The van der Waals surface area contributed by atoms with E-state index in [1.165, 1.54) is 14.1 Å².